The topological polar surface area (TPSA) is 78.3 Å². The van der Waals surface area contributed by atoms with Gasteiger partial charge < -0.3 is 14.8 Å². The Kier molecular flexibility index (Phi) is 7.79. The Morgan fingerprint density at radius 2 is 2.03 bits per heavy atom. The van der Waals surface area contributed by atoms with Crippen molar-refractivity contribution in [2.75, 3.05) is 17.7 Å². The highest BCUT2D eigenvalue weighted by Gasteiger charge is 2.22. The van der Waals surface area contributed by atoms with Gasteiger partial charge in [0.05, 0.1) is 24.1 Å². The highest BCUT2D eigenvalue weighted by atomic mass is 35.5. The molecule has 1 atom stereocenters. The highest BCUT2D eigenvalue weighted by molar-refractivity contribution is 7.99. The minimum atomic E-state index is -2.99. The van der Waals surface area contributed by atoms with Crippen LogP contribution in [-0.4, -0.2) is 45.7 Å². The Labute approximate surface area is 198 Å². The van der Waals surface area contributed by atoms with E-state index in [9.17, 15) is 13.6 Å². The van der Waals surface area contributed by atoms with E-state index in [1.165, 1.54) is 23.9 Å². The molecule has 4 rings (SSSR count). The van der Waals surface area contributed by atoms with Crippen LogP contribution in [0.15, 0.2) is 53.7 Å². The van der Waals surface area contributed by atoms with Crippen molar-refractivity contribution in [2.45, 2.75) is 37.3 Å². The summed E-state index contributed by atoms with van der Waals surface area (Å²) >= 11 is 7.21. The molecule has 0 unspecified atom stereocenters. The molecule has 174 valence electrons. The molecule has 0 bridgehead atoms. The zero-order chi connectivity index (χ0) is 23.2. The first kappa shape index (κ1) is 23.5. The zero-order valence-electron chi connectivity index (χ0n) is 17.4. The molecule has 11 heteroatoms. The first-order valence-corrected chi connectivity index (χ1v) is 11.6. The molecule has 33 heavy (non-hydrogen) atoms. The van der Waals surface area contributed by atoms with Gasteiger partial charge in [0, 0.05) is 17.2 Å². The van der Waals surface area contributed by atoms with Crippen molar-refractivity contribution in [2.24, 2.45) is 0 Å². The second-order valence-electron chi connectivity index (χ2n) is 7.27. The van der Waals surface area contributed by atoms with Crippen molar-refractivity contribution >= 4 is 35.0 Å². The molecule has 0 saturated carbocycles. The Hall–Kier alpha value is -2.69. The van der Waals surface area contributed by atoms with Crippen LogP contribution in [0, 0.1) is 0 Å². The normalized spacial score (nSPS) is 15.7. The number of benzene rings is 2. The number of carbonyl (C=O) groups is 1. The third-order valence-electron chi connectivity index (χ3n) is 4.94. The second kappa shape index (κ2) is 11.0. The standard InChI is InChI=1S/C22H21ClF2N4O3S/c23-15-9-7-14(8-10-15)20-27-28-22(29(20)12-16-4-3-11-31-16)33-13-19(30)26-17-5-1-2-6-18(17)32-21(24)25/h1-2,5-10,16,21H,3-4,11-13H2,(H,26,30)/t16-/m0/s1. The van der Waals surface area contributed by atoms with Gasteiger partial charge in [-0.3, -0.25) is 9.36 Å². The molecular formula is C22H21ClF2N4O3S. The first-order valence-electron chi connectivity index (χ1n) is 10.3. The van der Waals surface area contributed by atoms with E-state index in [0.29, 0.717) is 29.2 Å². The van der Waals surface area contributed by atoms with Crippen LogP contribution in [0.25, 0.3) is 11.4 Å². The highest BCUT2D eigenvalue weighted by Crippen LogP contribution is 2.29. The molecule has 1 N–H and O–H groups in total. The van der Waals surface area contributed by atoms with Crippen LogP contribution in [-0.2, 0) is 16.1 Å². The number of amides is 1. The molecule has 1 aliphatic heterocycles. The predicted octanol–water partition coefficient (Wildman–Crippen LogP) is 5.11. The van der Waals surface area contributed by atoms with Gasteiger partial charge in [-0.15, -0.1) is 10.2 Å². The van der Waals surface area contributed by atoms with Crippen molar-refractivity contribution in [1.82, 2.24) is 14.8 Å². The number of thioether (sulfide) groups is 1. The fourth-order valence-corrected chi connectivity index (χ4v) is 4.32. The van der Waals surface area contributed by atoms with Crippen LogP contribution in [0.4, 0.5) is 14.5 Å². The largest absolute Gasteiger partial charge is 0.433 e. The van der Waals surface area contributed by atoms with Gasteiger partial charge >= 0.3 is 6.61 Å². The van der Waals surface area contributed by atoms with Gasteiger partial charge in [0.25, 0.3) is 0 Å². The Morgan fingerprint density at radius 1 is 1.24 bits per heavy atom. The molecule has 3 aromatic rings. The number of rotatable bonds is 9. The maximum atomic E-state index is 12.6. The fraction of sp³-hybridized carbons (Fsp3) is 0.318. The number of nitrogens with one attached hydrogen (secondary N) is 1. The average molecular weight is 495 g/mol. The Bertz CT molecular complexity index is 1090. The SMILES string of the molecule is O=C(CSc1nnc(-c2ccc(Cl)cc2)n1C[C@@H]1CCCO1)Nc1ccccc1OC(F)F. The number of para-hydroxylation sites is 2. The summed E-state index contributed by atoms with van der Waals surface area (Å²) in [5.41, 5.74) is 1.02. The maximum absolute atomic E-state index is 12.6. The summed E-state index contributed by atoms with van der Waals surface area (Å²) in [6.45, 7) is -1.71. The van der Waals surface area contributed by atoms with E-state index >= 15 is 0 Å². The third-order valence-corrected chi connectivity index (χ3v) is 6.16. The fourth-order valence-electron chi connectivity index (χ4n) is 3.45. The van der Waals surface area contributed by atoms with Gasteiger partial charge in [-0.05, 0) is 49.2 Å². The molecule has 1 amide bonds. The number of nitrogens with zero attached hydrogens (tertiary/aromatic N) is 3. The molecule has 7 nitrogen and oxygen atoms in total. The molecule has 2 heterocycles. The van der Waals surface area contributed by atoms with Gasteiger partial charge in [-0.25, -0.2) is 0 Å². The minimum Gasteiger partial charge on any atom is -0.433 e. The first-order chi connectivity index (χ1) is 16.0. The molecule has 0 aliphatic carbocycles. The molecule has 2 aromatic carbocycles. The number of hydrogen-bond donors (Lipinski definition) is 1. The Morgan fingerprint density at radius 3 is 2.76 bits per heavy atom. The predicted molar refractivity (Wildman–Crippen MR) is 122 cm³/mol. The van der Waals surface area contributed by atoms with Crippen LogP contribution in [0.1, 0.15) is 12.8 Å². The van der Waals surface area contributed by atoms with Crippen LogP contribution in [0.3, 0.4) is 0 Å². The quantitative estimate of drug-likeness (QED) is 0.416. The van der Waals surface area contributed by atoms with Crippen LogP contribution >= 0.6 is 23.4 Å². The van der Waals surface area contributed by atoms with Crippen LogP contribution in [0.5, 0.6) is 5.75 Å². The minimum absolute atomic E-state index is 0.00723. The lowest BCUT2D eigenvalue weighted by atomic mass is 10.2. The van der Waals surface area contributed by atoms with E-state index in [2.05, 4.69) is 20.3 Å². The number of aromatic nitrogens is 3. The van der Waals surface area contributed by atoms with Crippen LogP contribution < -0.4 is 10.1 Å². The second-order valence-corrected chi connectivity index (χ2v) is 8.65. The van der Waals surface area contributed by atoms with Crippen molar-refractivity contribution in [3.63, 3.8) is 0 Å². The third kappa shape index (κ3) is 6.21. The summed E-state index contributed by atoms with van der Waals surface area (Å²) in [5.74, 6) is 0.177. The van der Waals surface area contributed by atoms with Gasteiger partial charge in [-0.1, -0.05) is 35.5 Å². The molecule has 1 aliphatic rings. The van der Waals surface area contributed by atoms with Crippen molar-refractivity contribution in [3.05, 3.63) is 53.6 Å². The summed E-state index contributed by atoms with van der Waals surface area (Å²) in [6, 6.07) is 13.3. The lowest BCUT2D eigenvalue weighted by Gasteiger charge is -2.15. The van der Waals surface area contributed by atoms with E-state index in [1.807, 2.05) is 16.7 Å². The maximum Gasteiger partial charge on any atom is 0.387 e. The van der Waals surface area contributed by atoms with Crippen molar-refractivity contribution in [3.8, 4) is 17.1 Å². The molecular weight excluding hydrogens is 474 g/mol. The van der Waals surface area contributed by atoms with Crippen molar-refractivity contribution < 1.29 is 23.0 Å². The number of carbonyl (C=O) groups excluding carboxylic acids is 1. The van der Waals surface area contributed by atoms with Gasteiger partial charge in [-0.2, -0.15) is 8.78 Å². The van der Waals surface area contributed by atoms with Gasteiger partial charge in [0.2, 0.25) is 5.91 Å². The Balaban J connectivity index is 1.48. The summed E-state index contributed by atoms with van der Waals surface area (Å²) in [4.78, 5) is 12.5. The van der Waals surface area contributed by atoms with Gasteiger partial charge in [0.15, 0.2) is 11.0 Å². The number of ether oxygens (including phenoxy) is 2. The number of halogens is 3. The van der Waals surface area contributed by atoms with Crippen molar-refractivity contribution in [1.29, 1.82) is 0 Å². The summed E-state index contributed by atoms with van der Waals surface area (Å²) in [7, 11) is 0. The monoisotopic (exact) mass is 494 g/mol. The molecule has 0 radical (unpaired) electrons. The van der Waals surface area contributed by atoms with E-state index in [4.69, 9.17) is 16.3 Å². The lowest BCUT2D eigenvalue weighted by Crippen LogP contribution is -2.18. The van der Waals surface area contributed by atoms with E-state index < -0.39 is 6.61 Å². The van der Waals surface area contributed by atoms with Crippen LogP contribution in [0.2, 0.25) is 5.02 Å². The lowest BCUT2D eigenvalue weighted by molar-refractivity contribution is -0.113. The number of alkyl halides is 2. The molecule has 1 saturated heterocycles. The summed E-state index contributed by atoms with van der Waals surface area (Å²) in [6.07, 6.45) is 1.97. The number of hydrogen-bond acceptors (Lipinski definition) is 6. The zero-order valence-corrected chi connectivity index (χ0v) is 19.0. The van der Waals surface area contributed by atoms with E-state index in [0.717, 1.165) is 18.4 Å². The average Bonchev–Trinajstić information content (AvgIpc) is 3.44. The molecule has 1 aromatic heterocycles. The molecule has 1 fully saturated rings. The molecule has 0 spiro atoms. The van der Waals surface area contributed by atoms with Gasteiger partial charge in [0.1, 0.15) is 5.75 Å². The van der Waals surface area contributed by atoms with E-state index in [-0.39, 0.29) is 29.2 Å². The number of anilines is 1. The summed E-state index contributed by atoms with van der Waals surface area (Å²) < 4.78 is 37.4. The smallest absolute Gasteiger partial charge is 0.387 e. The summed E-state index contributed by atoms with van der Waals surface area (Å²) in [5, 5.41) is 12.4. The van der Waals surface area contributed by atoms with E-state index in [1.54, 1.807) is 24.3 Å².